The highest BCUT2D eigenvalue weighted by molar-refractivity contribution is 7.18. The molecule has 1 heterocycles. The van der Waals surface area contributed by atoms with Gasteiger partial charge in [0.1, 0.15) is 6.04 Å². The number of carboxylic acid groups (broad SMARTS) is 1. The van der Waals surface area contributed by atoms with Gasteiger partial charge < -0.3 is 10.4 Å². The zero-order valence-corrected chi connectivity index (χ0v) is 9.64. The minimum Gasteiger partial charge on any atom is -0.480 e. The van der Waals surface area contributed by atoms with Crippen LogP contribution < -0.4 is 5.32 Å². The molecular weight excluding hydrogens is 250 g/mol. The maximum absolute atomic E-state index is 11.6. The van der Waals surface area contributed by atoms with Crippen molar-refractivity contribution < 1.29 is 14.7 Å². The van der Waals surface area contributed by atoms with Gasteiger partial charge in [-0.05, 0) is 12.1 Å². The molecule has 0 radical (unpaired) electrons. The van der Waals surface area contributed by atoms with Gasteiger partial charge in [0.25, 0.3) is 5.91 Å². The predicted molar refractivity (Wildman–Crippen MR) is 61.7 cm³/mol. The highest BCUT2D eigenvalue weighted by Gasteiger charge is 2.20. The summed E-state index contributed by atoms with van der Waals surface area (Å²) in [5.74, 6) is 0.548. The number of carboxylic acids is 1. The highest BCUT2D eigenvalue weighted by atomic mass is 35.5. The molecule has 1 atom stereocenters. The lowest BCUT2D eigenvalue weighted by atomic mass is 10.2. The molecule has 0 saturated heterocycles. The van der Waals surface area contributed by atoms with E-state index >= 15 is 0 Å². The summed E-state index contributed by atoms with van der Waals surface area (Å²) in [6.45, 7) is 0. The second kappa shape index (κ2) is 5.54. The van der Waals surface area contributed by atoms with Gasteiger partial charge in [0.2, 0.25) is 0 Å². The molecule has 84 valence electrons. The molecule has 1 rings (SSSR count). The summed E-state index contributed by atoms with van der Waals surface area (Å²) in [6.07, 6.45) is 4.95. The zero-order valence-electron chi connectivity index (χ0n) is 8.07. The Kier molecular flexibility index (Phi) is 4.35. The highest BCUT2D eigenvalue weighted by Crippen LogP contribution is 2.21. The number of thiophene rings is 1. The zero-order chi connectivity index (χ0) is 12.1. The fourth-order valence-corrected chi connectivity index (χ4v) is 1.93. The molecule has 0 saturated carbocycles. The van der Waals surface area contributed by atoms with Crippen LogP contribution in [-0.2, 0) is 4.79 Å². The Morgan fingerprint density at radius 2 is 2.31 bits per heavy atom. The van der Waals surface area contributed by atoms with Crippen LogP contribution in [0, 0.1) is 12.3 Å². The maximum atomic E-state index is 11.6. The molecule has 16 heavy (non-hydrogen) atoms. The first kappa shape index (κ1) is 12.6. The SMILES string of the molecule is C#CCC(NC(=O)c1ccc(Cl)s1)C(=O)O. The van der Waals surface area contributed by atoms with Crippen molar-refractivity contribution in [2.45, 2.75) is 12.5 Å². The first-order valence-corrected chi connectivity index (χ1v) is 5.46. The summed E-state index contributed by atoms with van der Waals surface area (Å²) in [5.41, 5.74) is 0. The van der Waals surface area contributed by atoms with Crippen LogP contribution in [0.25, 0.3) is 0 Å². The van der Waals surface area contributed by atoms with Gasteiger partial charge in [-0.15, -0.1) is 23.7 Å². The quantitative estimate of drug-likeness (QED) is 0.806. The molecule has 1 aromatic rings. The van der Waals surface area contributed by atoms with Crippen molar-refractivity contribution in [2.24, 2.45) is 0 Å². The lowest BCUT2D eigenvalue weighted by molar-refractivity contribution is -0.139. The van der Waals surface area contributed by atoms with Crippen molar-refractivity contribution in [1.82, 2.24) is 5.32 Å². The third-order valence-corrected chi connectivity index (χ3v) is 2.95. The lowest BCUT2D eigenvalue weighted by Crippen LogP contribution is -2.40. The van der Waals surface area contributed by atoms with E-state index in [1.807, 2.05) is 0 Å². The van der Waals surface area contributed by atoms with E-state index in [2.05, 4.69) is 11.2 Å². The monoisotopic (exact) mass is 257 g/mol. The molecule has 1 unspecified atom stereocenters. The first-order valence-electron chi connectivity index (χ1n) is 4.27. The number of hydrogen-bond donors (Lipinski definition) is 2. The molecule has 0 aliphatic rings. The second-order valence-electron chi connectivity index (χ2n) is 2.88. The van der Waals surface area contributed by atoms with Gasteiger partial charge in [0, 0.05) is 6.42 Å². The van der Waals surface area contributed by atoms with Crippen LogP contribution in [0.4, 0.5) is 0 Å². The van der Waals surface area contributed by atoms with Gasteiger partial charge in [-0.2, -0.15) is 0 Å². The summed E-state index contributed by atoms with van der Waals surface area (Å²) >= 11 is 6.73. The number of terminal acetylenes is 1. The van der Waals surface area contributed by atoms with E-state index in [0.29, 0.717) is 9.21 Å². The minimum absolute atomic E-state index is 0.0554. The Hall–Kier alpha value is -1.51. The van der Waals surface area contributed by atoms with E-state index in [4.69, 9.17) is 23.1 Å². The fraction of sp³-hybridized carbons (Fsp3) is 0.200. The average molecular weight is 258 g/mol. The molecule has 1 amide bonds. The summed E-state index contributed by atoms with van der Waals surface area (Å²) < 4.78 is 0.467. The van der Waals surface area contributed by atoms with Gasteiger partial charge in [-0.1, -0.05) is 11.6 Å². The molecule has 6 heteroatoms. The van der Waals surface area contributed by atoms with Gasteiger partial charge in [-0.3, -0.25) is 4.79 Å². The first-order chi connectivity index (χ1) is 7.54. The number of nitrogens with one attached hydrogen (secondary N) is 1. The second-order valence-corrected chi connectivity index (χ2v) is 4.59. The van der Waals surface area contributed by atoms with Gasteiger partial charge in [0.05, 0.1) is 9.21 Å². The number of amides is 1. The van der Waals surface area contributed by atoms with E-state index < -0.39 is 17.9 Å². The largest absolute Gasteiger partial charge is 0.480 e. The van der Waals surface area contributed by atoms with Crippen molar-refractivity contribution in [3.63, 3.8) is 0 Å². The molecule has 0 aromatic carbocycles. The molecule has 0 spiro atoms. The predicted octanol–water partition coefficient (Wildman–Crippen LogP) is 1.61. The van der Waals surface area contributed by atoms with Crippen molar-refractivity contribution in [2.75, 3.05) is 0 Å². The minimum atomic E-state index is -1.16. The molecule has 2 N–H and O–H groups in total. The summed E-state index contributed by atoms with van der Waals surface area (Å²) in [5, 5.41) is 11.1. The van der Waals surface area contributed by atoms with Crippen LogP contribution in [0.5, 0.6) is 0 Å². The Morgan fingerprint density at radius 3 is 2.75 bits per heavy atom. The smallest absolute Gasteiger partial charge is 0.327 e. The van der Waals surface area contributed by atoms with Crippen molar-refractivity contribution in [1.29, 1.82) is 0 Å². The van der Waals surface area contributed by atoms with Gasteiger partial charge >= 0.3 is 5.97 Å². The molecule has 0 fully saturated rings. The number of carbonyl (C=O) groups excluding carboxylic acids is 1. The molecule has 0 aliphatic heterocycles. The summed E-state index contributed by atoms with van der Waals surface area (Å²) in [4.78, 5) is 22.6. The van der Waals surface area contributed by atoms with Crippen molar-refractivity contribution in [3.05, 3.63) is 21.3 Å². The van der Waals surface area contributed by atoms with E-state index in [1.165, 1.54) is 6.07 Å². The Bertz CT molecular complexity index is 449. The van der Waals surface area contributed by atoms with Crippen LogP contribution >= 0.6 is 22.9 Å². The van der Waals surface area contributed by atoms with E-state index in [-0.39, 0.29) is 6.42 Å². The van der Waals surface area contributed by atoms with Crippen molar-refractivity contribution >= 4 is 34.8 Å². The van der Waals surface area contributed by atoms with Crippen LogP contribution in [0.3, 0.4) is 0 Å². The van der Waals surface area contributed by atoms with E-state index in [1.54, 1.807) is 6.07 Å². The Morgan fingerprint density at radius 1 is 1.62 bits per heavy atom. The molecule has 0 bridgehead atoms. The molecule has 1 aromatic heterocycles. The number of hydrogen-bond acceptors (Lipinski definition) is 3. The number of aliphatic carboxylic acids is 1. The van der Waals surface area contributed by atoms with Crippen LogP contribution in [0.15, 0.2) is 12.1 Å². The summed E-state index contributed by atoms with van der Waals surface area (Å²) in [7, 11) is 0. The normalized spacial score (nSPS) is 11.5. The van der Waals surface area contributed by atoms with Gasteiger partial charge in [-0.25, -0.2) is 4.79 Å². The molecule has 0 aliphatic carbocycles. The number of carbonyl (C=O) groups is 2. The molecule has 4 nitrogen and oxygen atoms in total. The lowest BCUT2D eigenvalue weighted by Gasteiger charge is -2.10. The van der Waals surface area contributed by atoms with Crippen LogP contribution in [-0.4, -0.2) is 23.0 Å². The van der Waals surface area contributed by atoms with Crippen LogP contribution in [0.1, 0.15) is 16.1 Å². The fourth-order valence-electron chi connectivity index (χ4n) is 0.984. The Balaban J connectivity index is 2.69. The Labute approximate surface area is 101 Å². The van der Waals surface area contributed by atoms with E-state index in [0.717, 1.165) is 11.3 Å². The van der Waals surface area contributed by atoms with Gasteiger partial charge in [0.15, 0.2) is 0 Å². The maximum Gasteiger partial charge on any atom is 0.327 e. The van der Waals surface area contributed by atoms with Crippen molar-refractivity contribution in [3.8, 4) is 12.3 Å². The van der Waals surface area contributed by atoms with Crippen LogP contribution in [0.2, 0.25) is 4.34 Å². The standard InChI is InChI=1S/C10H8ClNO3S/c1-2-3-6(10(14)15)12-9(13)7-4-5-8(11)16-7/h1,4-6H,3H2,(H,12,13)(H,14,15). The topological polar surface area (TPSA) is 66.4 Å². The third-order valence-electron chi connectivity index (χ3n) is 1.72. The average Bonchev–Trinajstić information content (AvgIpc) is 2.64. The van der Waals surface area contributed by atoms with E-state index in [9.17, 15) is 9.59 Å². The number of halogens is 1. The summed E-state index contributed by atoms with van der Waals surface area (Å²) in [6, 6.07) is 2.02. The molecular formula is C10H8ClNO3S. The number of rotatable bonds is 4. The third kappa shape index (κ3) is 3.26.